The molecule has 0 radical (unpaired) electrons. The Labute approximate surface area is 176 Å². The lowest BCUT2D eigenvalue weighted by atomic mass is 10.0. The van der Waals surface area contributed by atoms with Crippen LogP contribution < -0.4 is 10.9 Å². The number of nitrogens with zero attached hydrogens (tertiary/aromatic N) is 3. The molecule has 4 rings (SSSR count). The topological polar surface area (TPSA) is 67.2 Å². The van der Waals surface area contributed by atoms with Crippen molar-refractivity contribution in [2.75, 3.05) is 19.6 Å². The molecule has 6 nitrogen and oxygen atoms in total. The fourth-order valence-corrected chi connectivity index (χ4v) is 4.15. The van der Waals surface area contributed by atoms with Gasteiger partial charge in [0.25, 0.3) is 11.5 Å². The number of hydrogen-bond donors (Lipinski definition) is 1. The molecule has 3 aromatic rings. The summed E-state index contributed by atoms with van der Waals surface area (Å²) in [6, 6.07) is 15.3. The lowest BCUT2D eigenvalue weighted by Crippen LogP contribution is -2.42. The van der Waals surface area contributed by atoms with Gasteiger partial charge in [0.05, 0.1) is 11.0 Å². The van der Waals surface area contributed by atoms with Gasteiger partial charge in [-0.05, 0) is 50.6 Å². The molecule has 0 spiro atoms. The maximum Gasteiger partial charge on any atom is 0.277 e. The van der Waals surface area contributed by atoms with E-state index < -0.39 is 0 Å². The number of aromatic nitrogens is 2. The number of aryl methyl sites for hydroxylation is 1. The van der Waals surface area contributed by atoms with Gasteiger partial charge in [0.15, 0.2) is 0 Å². The summed E-state index contributed by atoms with van der Waals surface area (Å²) in [4.78, 5) is 32.2. The highest BCUT2D eigenvalue weighted by Crippen LogP contribution is 2.18. The van der Waals surface area contributed by atoms with Crippen LogP contribution in [-0.4, -0.2) is 46.0 Å². The van der Waals surface area contributed by atoms with Gasteiger partial charge in [-0.15, -0.1) is 0 Å². The number of piperidine rings is 1. The van der Waals surface area contributed by atoms with Crippen LogP contribution in [0.25, 0.3) is 22.3 Å². The second kappa shape index (κ2) is 8.79. The van der Waals surface area contributed by atoms with Crippen molar-refractivity contribution in [2.45, 2.75) is 32.2 Å². The van der Waals surface area contributed by atoms with Crippen LogP contribution in [0.3, 0.4) is 0 Å². The number of carbonyl (C=O) groups is 1. The number of para-hydroxylation sites is 2. The molecule has 2 aromatic carbocycles. The average molecular weight is 405 g/mol. The minimum atomic E-state index is -0.151. The zero-order valence-corrected chi connectivity index (χ0v) is 17.6. The second-order valence-corrected chi connectivity index (χ2v) is 8.03. The lowest BCUT2D eigenvalue weighted by molar-refractivity contribution is 0.0938. The smallest absolute Gasteiger partial charge is 0.277 e. The summed E-state index contributed by atoms with van der Waals surface area (Å²) in [6.45, 7) is 4.88. The van der Waals surface area contributed by atoms with Crippen molar-refractivity contribution in [1.29, 1.82) is 0 Å². The molecule has 156 valence electrons. The van der Waals surface area contributed by atoms with E-state index in [-0.39, 0.29) is 11.5 Å². The van der Waals surface area contributed by atoms with E-state index in [4.69, 9.17) is 0 Å². The summed E-state index contributed by atoms with van der Waals surface area (Å²) in [5, 5.41) is 3.01. The molecule has 1 amide bonds. The number of benzene rings is 2. The number of carbonyl (C=O) groups excluding carboxylic acids is 1. The third-order valence-corrected chi connectivity index (χ3v) is 6.03. The maximum atomic E-state index is 12.7. The average Bonchev–Trinajstić information content (AvgIpc) is 2.77. The van der Waals surface area contributed by atoms with Crippen LogP contribution in [0, 0.1) is 0 Å². The van der Waals surface area contributed by atoms with Gasteiger partial charge in [-0.3, -0.25) is 14.5 Å². The lowest BCUT2D eigenvalue weighted by Gasteiger charge is -2.33. The molecule has 1 aliphatic heterocycles. The third-order valence-electron chi connectivity index (χ3n) is 6.03. The van der Waals surface area contributed by atoms with Gasteiger partial charge in [0.1, 0.15) is 5.69 Å². The van der Waals surface area contributed by atoms with Gasteiger partial charge in [-0.1, -0.05) is 30.7 Å². The molecule has 1 aliphatic rings. The Bertz CT molecular complexity index is 1100. The highest BCUT2D eigenvalue weighted by atomic mass is 16.1. The molecule has 30 heavy (non-hydrogen) atoms. The predicted octanol–water partition coefficient (Wildman–Crippen LogP) is 3.20. The van der Waals surface area contributed by atoms with Crippen molar-refractivity contribution in [1.82, 2.24) is 19.8 Å². The van der Waals surface area contributed by atoms with Crippen molar-refractivity contribution in [3.8, 4) is 11.3 Å². The maximum absolute atomic E-state index is 12.7. The largest absolute Gasteiger partial charge is 0.351 e. The van der Waals surface area contributed by atoms with E-state index in [9.17, 15) is 9.59 Å². The molecule has 1 aromatic heterocycles. The molecule has 1 fully saturated rings. The Hall–Kier alpha value is -2.99. The standard InChI is InChI=1S/C24H28N4O2/c1-17-7-5-6-15-28(17)16-14-25-23(29)19-12-10-18(11-13-19)22-24(30)27(2)21-9-4-3-8-20(21)26-22/h3-4,8-13,17H,5-7,14-16H2,1-2H3,(H,25,29)/t17-/m0/s1. The molecule has 0 unspecified atom stereocenters. The third kappa shape index (κ3) is 4.14. The predicted molar refractivity (Wildman–Crippen MR) is 120 cm³/mol. The molecule has 0 saturated carbocycles. The zero-order valence-electron chi connectivity index (χ0n) is 17.6. The summed E-state index contributed by atoms with van der Waals surface area (Å²) < 4.78 is 1.61. The first kappa shape index (κ1) is 20.3. The molecule has 6 heteroatoms. The quantitative estimate of drug-likeness (QED) is 0.709. The molecule has 1 saturated heterocycles. The summed E-state index contributed by atoms with van der Waals surface area (Å²) in [5.74, 6) is -0.0921. The van der Waals surface area contributed by atoms with Crippen molar-refractivity contribution in [3.63, 3.8) is 0 Å². The minimum Gasteiger partial charge on any atom is -0.351 e. The Morgan fingerprint density at radius 2 is 1.90 bits per heavy atom. The van der Waals surface area contributed by atoms with Crippen LogP contribution in [0.2, 0.25) is 0 Å². The van der Waals surface area contributed by atoms with Crippen molar-refractivity contribution in [3.05, 3.63) is 64.4 Å². The van der Waals surface area contributed by atoms with E-state index in [0.717, 1.165) is 24.1 Å². The van der Waals surface area contributed by atoms with Gasteiger partial charge >= 0.3 is 0 Å². The van der Waals surface area contributed by atoms with Crippen LogP contribution in [0.5, 0.6) is 0 Å². The molecule has 1 atom stereocenters. The number of fused-ring (bicyclic) bond motifs is 1. The first-order valence-electron chi connectivity index (χ1n) is 10.6. The summed E-state index contributed by atoms with van der Waals surface area (Å²) >= 11 is 0. The Morgan fingerprint density at radius 1 is 1.13 bits per heavy atom. The normalized spacial score (nSPS) is 17.2. The highest BCUT2D eigenvalue weighted by molar-refractivity contribution is 5.94. The molecule has 1 N–H and O–H groups in total. The number of amides is 1. The SMILES string of the molecule is C[C@H]1CCCCN1CCNC(=O)c1ccc(-c2nc3ccccc3n(C)c2=O)cc1. The van der Waals surface area contributed by atoms with Crippen molar-refractivity contribution >= 4 is 16.9 Å². The zero-order chi connectivity index (χ0) is 21.1. The van der Waals surface area contributed by atoms with Gasteiger partial charge in [-0.25, -0.2) is 4.98 Å². The van der Waals surface area contributed by atoms with Crippen LogP contribution >= 0.6 is 0 Å². The molecular formula is C24H28N4O2. The van der Waals surface area contributed by atoms with E-state index in [0.29, 0.717) is 29.4 Å². The summed E-state index contributed by atoms with van der Waals surface area (Å²) in [6.07, 6.45) is 3.77. The van der Waals surface area contributed by atoms with Crippen molar-refractivity contribution in [2.24, 2.45) is 7.05 Å². The fourth-order valence-electron chi connectivity index (χ4n) is 4.15. The van der Waals surface area contributed by atoms with Gasteiger partial charge in [0, 0.05) is 37.3 Å². The Kier molecular flexibility index (Phi) is 5.95. The van der Waals surface area contributed by atoms with Crippen LogP contribution in [0.15, 0.2) is 53.3 Å². The first-order valence-corrected chi connectivity index (χ1v) is 10.6. The monoisotopic (exact) mass is 404 g/mol. The highest BCUT2D eigenvalue weighted by Gasteiger charge is 2.18. The molecule has 0 aliphatic carbocycles. The van der Waals surface area contributed by atoms with Gasteiger partial charge < -0.3 is 9.88 Å². The number of likely N-dealkylation sites (tertiary alicyclic amines) is 1. The van der Waals surface area contributed by atoms with Crippen LogP contribution in [0.1, 0.15) is 36.5 Å². The van der Waals surface area contributed by atoms with Crippen LogP contribution in [-0.2, 0) is 7.05 Å². The number of hydrogen-bond acceptors (Lipinski definition) is 4. The second-order valence-electron chi connectivity index (χ2n) is 8.03. The van der Waals surface area contributed by atoms with E-state index in [1.165, 1.54) is 19.3 Å². The Balaban J connectivity index is 1.45. The number of rotatable bonds is 5. The van der Waals surface area contributed by atoms with Gasteiger partial charge in [0.2, 0.25) is 0 Å². The van der Waals surface area contributed by atoms with Crippen molar-refractivity contribution < 1.29 is 4.79 Å². The first-order chi connectivity index (χ1) is 14.5. The van der Waals surface area contributed by atoms with E-state index in [2.05, 4.69) is 22.1 Å². The number of nitrogens with one attached hydrogen (secondary N) is 1. The fraction of sp³-hybridized carbons (Fsp3) is 0.375. The van der Waals surface area contributed by atoms with E-state index >= 15 is 0 Å². The molecule has 0 bridgehead atoms. The minimum absolute atomic E-state index is 0.0921. The summed E-state index contributed by atoms with van der Waals surface area (Å²) in [5.41, 5.74) is 3.10. The van der Waals surface area contributed by atoms with Gasteiger partial charge in [-0.2, -0.15) is 0 Å². The molecular weight excluding hydrogens is 376 g/mol. The van der Waals surface area contributed by atoms with E-state index in [1.54, 1.807) is 35.9 Å². The molecule has 2 heterocycles. The Morgan fingerprint density at radius 3 is 2.67 bits per heavy atom. The van der Waals surface area contributed by atoms with Crippen LogP contribution in [0.4, 0.5) is 0 Å². The summed E-state index contributed by atoms with van der Waals surface area (Å²) in [7, 11) is 1.75. The van der Waals surface area contributed by atoms with E-state index in [1.807, 2.05) is 24.3 Å².